The molecule has 3 heteroatoms. The summed E-state index contributed by atoms with van der Waals surface area (Å²) in [6, 6.07) is 0. The average Bonchev–Trinajstić information content (AvgIpc) is 2.27. The van der Waals surface area contributed by atoms with Gasteiger partial charge in [-0.3, -0.25) is 0 Å². The van der Waals surface area contributed by atoms with E-state index in [0.29, 0.717) is 12.5 Å². The Hall–Kier alpha value is -1.09. The lowest BCUT2D eigenvalue weighted by Crippen LogP contribution is -2.17. The van der Waals surface area contributed by atoms with E-state index in [4.69, 9.17) is 4.74 Å². The molecule has 60 valence electrons. The van der Waals surface area contributed by atoms with Gasteiger partial charge in [0.1, 0.15) is 6.61 Å². The van der Waals surface area contributed by atoms with Crippen LogP contribution in [0.3, 0.4) is 0 Å². The van der Waals surface area contributed by atoms with Crippen LogP contribution in [0.1, 0.15) is 0 Å². The summed E-state index contributed by atoms with van der Waals surface area (Å²) < 4.78 is 5.27. The highest BCUT2D eigenvalue weighted by atomic mass is 16.5. The molecule has 1 heterocycles. The minimum atomic E-state index is 0.602. The molecule has 1 aliphatic heterocycles. The minimum absolute atomic E-state index is 0.602. The van der Waals surface area contributed by atoms with Gasteiger partial charge < -0.3 is 10.1 Å². The summed E-state index contributed by atoms with van der Waals surface area (Å²) in [4.78, 5) is 3.76. The Morgan fingerprint density at radius 3 is 3.09 bits per heavy atom. The smallest absolute Gasteiger partial charge is 0.217 e. The van der Waals surface area contributed by atoms with Gasteiger partial charge in [0.15, 0.2) is 0 Å². The van der Waals surface area contributed by atoms with Gasteiger partial charge in [-0.1, -0.05) is 12.7 Å². The Kier molecular flexibility index (Phi) is 2.86. The summed E-state index contributed by atoms with van der Waals surface area (Å²) in [7, 11) is 0. The molecule has 0 aromatic heterocycles. The first-order valence-electron chi connectivity index (χ1n) is 3.54. The van der Waals surface area contributed by atoms with Crippen LogP contribution in [-0.4, -0.2) is 26.4 Å². The molecule has 0 spiro atoms. The molecule has 1 aliphatic rings. The van der Waals surface area contributed by atoms with Crippen molar-refractivity contribution < 1.29 is 4.74 Å². The summed E-state index contributed by atoms with van der Waals surface area (Å²) in [6.07, 6.45) is 1.74. The second-order valence-electron chi connectivity index (χ2n) is 2.22. The van der Waals surface area contributed by atoms with Crippen molar-refractivity contribution in [2.45, 2.75) is 0 Å². The SMILES string of the molecule is C=CC1=C(N=C)OCCNC1. The molecular weight excluding hydrogens is 140 g/mol. The maximum Gasteiger partial charge on any atom is 0.217 e. The first kappa shape index (κ1) is 8.01. The number of aliphatic imine (C=N–C) groups is 1. The Labute approximate surface area is 66.5 Å². The number of nitrogens with zero attached hydrogens (tertiary/aromatic N) is 1. The van der Waals surface area contributed by atoms with E-state index in [1.165, 1.54) is 0 Å². The highest BCUT2D eigenvalue weighted by molar-refractivity contribution is 5.32. The zero-order valence-electron chi connectivity index (χ0n) is 6.47. The highest BCUT2D eigenvalue weighted by Crippen LogP contribution is 2.09. The number of rotatable bonds is 2. The summed E-state index contributed by atoms with van der Waals surface area (Å²) in [5.41, 5.74) is 0.970. The van der Waals surface area contributed by atoms with Crippen molar-refractivity contribution in [3.05, 3.63) is 24.1 Å². The van der Waals surface area contributed by atoms with E-state index >= 15 is 0 Å². The van der Waals surface area contributed by atoms with Gasteiger partial charge in [-0.05, 0) is 6.72 Å². The van der Waals surface area contributed by atoms with Crippen LogP contribution < -0.4 is 5.32 Å². The second kappa shape index (κ2) is 3.93. The quantitative estimate of drug-likeness (QED) is 0.591. The molecule has 1 rings (SSSR count). The van der Waals surface area contributed by atoms with Crippen molar-refractivity contribution in [3.8, 4) is 0 Å². The van der Waals surface area contributed by atoms with E-state index in [1.54, 1.807) is 6.08 Å². The molecule has 0 amide bonds. The van der Waals surface area contributed by atoms with Gasteiger partial charge >= 0.3 is 0 Å². The normalized spacial score (nSPS) is 18.5. The summed E-state index contributed by atoms with van der Waals surface area (Å²) in [5.74, 6) is 0.602. The molecule has 0 aromatic carbocycles. The molecular formula is C8H12N2O. The largest absolute Gasteiger partial charge is 0.476 e. The summed E-state index contributed by atoms with van der Waals surface area (Å²) in [6.45, 7) is 9.32. The predicted molar refractivity (Wildman–Crippen MR) is 45.6 cm³/mol. The monoisotopic (exact) mass is 152 g/mol. The van der Waals surface area contributed by atoms with Crippen molar-refractivity contribution in [3.63, 3.8) is 0 Å². The zero-order chi connectivity index (χ0) is 8.10. The van der Waals surface area contributed by atoms with E-state index in [2.05, 4.69) is 23.6 Å². The first-order chi connectivity index (χ1) is 5.38. The molecule has 0 bridgehead atoms. The van der Waals surface area contributed by atoms with Crippen molar-refractivity contribution in [2.24, 2.45) is 4.99 Å². The van der Waals surface area contributed by atoms with Crippen LogP contribution >= 0.6 is 0 Å². The van der Waals surface area contributed by atoms with Gasteiger partial charge in [-0.25, -0.2) is 4.99 Å². The molecule has 0 atom stereocenters. The maximum absolute atomic E-state index is 5.27. The molecule has 0 aliphatic carbocycles. The number of ether oxygens (including phenoxy) is 1. The third-order valence-corrected chi connectivity index (χ3v) is 1.50. The van der Waals surface area contributed by atoms with Crippen LogP contribution in [-0.2, 0) is 4.74 Å². The van der Waals surface area contributed by atoms with E-state index in [0.717, 1.165) is 18.7 Å². The van der Waals surface area contributed by atoms with Gasteiger partial charge in [0, 0.05) is 18.7 Å². The molecule has 0 saturated heterocycles. The average molecular weight is 152 g/mol. The molecule has 1 N–H and O–H groups in total. The molecule has 0 radical (unpaired) electrons. The van der Waals surface area contributed by atoms with Gasteiger partial charge in [0.25, 0.3) is 0 Å². The molecule has 0 fully saturated rings. The molecule has 11 heavy (non-hydrogen) atoms. The Balaban J connectivity index is 2.79. The van der Waals surface area contributed by atoms with Crippen molar-refractivity contribution >= 4 is 6.72 Å². The van der Waals surface area contributed by atoms with Crippen LogP contribution in [0.5, 0.6) is 0 Å². The lowest BCUT2D eigenvalue weighted by atomic mass is 10.3. The summed E-state index contributed by atoms with van der Waals surface area (Å²) in [5, 5.41) is 3.17. The number of hydrogen-bond acceptors (Lipinski definition) is 3. The maximum atomic E-state index is 5.27. The van der Waals surface area contributed by atoms with Crippen LogP contribution in [0.2, 0.25) is 0 Å². The van der Waals surface area contributed by atoms with Gasteiger partial charge in [0.05, 0.1) is 0 Å². The topological polar surface area (TPSA) is 33.6 Å². The number of nitrogens with one attached hydrogen (secondary N) is 1. The van der Waals surface area contributed by atoms with Crippen LogP contribution in [0.25, 0.3) is 0 Å². The third kappa shape index (κ3) is 1.91. The van der Waals surface area contributed by atoms with Gasteiger partial charge in [-0.2, -0.15) is 0 Å². The molecule has 0 aromatic rings. The van der Waals surface area contributed by atoms with E-state index in [9.17, 15) is 0 Å². The highest BCUT2D eigenvalue weighted by Gasteiger charge is 2.06. The Morgan fingerprint density at radius 1 is 1.64 bits per heavy atom. The van der Waals surface area contributed by atoms with Crippen molar-refractivity contribution in [2.75, 3.05) is 19.7 Å². The third-order valence-electron chi connectivity index (χ3n) is 1.50. The van der Waals surface area contributed by atoms with Crippen LogP contribution in [0.4, 0.5) is 0 Å². The Bertz CT molecular complexity index is 176. The number of hydrogen-bond donors (Lipinski definition) is 1. The first-order valence-corrected chi connectivity index (χ1v) is 3.54. The lowest BCUT2D eigenvalue weighted by Gasteiger charge is -2.02. The lowest BCUT2D eigenvalue weighted by molar-refractivity contribution is 0.218. The van der Waals surface area contributed by atoms with E-state index < -0.39 is 0 Å². The van der Waals surface area contributed by atoms with Crippen molar-refractivity contribution in [1.82, 2.24) is 5.32 Å². The fourth-order valence-electron chi connectivity index (χ4n) is 0.918. The Morgan fingerprint density at radius 2 is 2.45 bits per heavy atom. The predicted octanol–water partition coefficient (Wildman–Crippen LogP) is 0.704. The van der Waals surface area contributed by atoms with Crippen LogP contribution in [0, 0.1) is 0 Å². The summed E-state index contributed by atoms with van der Waals surface area (Å²) >= 11 is 0. The zero-order valence-corrected chi connectivity index (χ0v) is 6.47. The minimum Gasteiger partial charge on any atom is -0.476 e. The van der Waals surface area contributed by atoms with Crippen molar-refractivity contribution in [1.29, 1.82) is 0 Å². The fraction of sp³-hybridized carbons (Fsp3) is 0.375. The van der Waals surface area contributed by atoms with Gasteiger partial charge in [-0.15, -0.1) is 0 Å². The molecule has 0 saturated carbocycles. The van der Waals surface area contributed by atoms with Gasteiger partial charge in [0.2, 0.25) is 5.88 Å². The van der Waals surface area contributed by atoms with E-state index in [-0.39, 0.29) is 0 Å². The standard InChI is InChI=1S/C8H12N2O/c1-3-7-6-10-4-5-11-8(7)9-2/h3,10H,1-2,4-6H2. The second-order valence-corrected chi connectivity index (χ2v) is 2.22. The molecule has 3 nitrogen and oxygen atoms in total. The molecule has 0 unspecified atom stereocenters. The fourth-order valence-corrected chi connectivity index (χ4v) is 0.918. The van der Waals surface area contributed by atoms with E-state index in [1.807, 2.05) is 0 Å². The van der Waals surface area contributed by atoms with Crippen LogP contribution in [0.15, 0.2) is 29.1 Å².